The van der Waals surface area contributed by atoms with Gasteiger partial charge in [-0.25, -0.2) is 0 Å². The van der Waals surface area contributed by atoms with Crippen LogP contribution in [0.25, 0.3) is 10.9 Å². The van der Waals surface area contributed by atoms with Gasteiger partial charge in [0.1, 0.15) is 12.1 Å². The second-order valence-electron chi connectivity index (χ2n) is 4.99. The summed E-state index contributed by atoms with van der Waals surface area (Å²) in [5.74, 6) is -0.233. The first-order chi connectivity index (χ1) is 9.58. The maximum absolute atomic E-state index is 12.3. The van der Waals surface area contributed by atoms with Crippen LogP contribution in [0.5, 0.6) is 0 Å². The summed E-state index contributed by atoms with van der Waals surface area (Å²) in [6.07, 6.45) is 1.73. The van der Waals surface area contributed by atoms with Crippen molar-refractivity contribution in [3.63, 3.8) is 0 Å². The molecule has 5 heteroatoms. The highest BCUT2D eigenvalue weighted by atomic mass is 16.2. The monoisotopic (exact) mass is 269 g/mol. The summed E-state index contributed by atoms with van der Waals surface area (Å²) < 4.78 is 0. The molecule has 2 atom stereocenters. The van der Waals surface area contributed by atoms with Crippen molar-refractivity contribution in [1.29, 1.82) is 0 Å². The lowest BCUT2D eigenvalue weighted by molar-refractivity contribution is -0.133. The molecule has 2 amide bonds. The standard InChI is InChI=1S/C15H15N3O2/c1-9-15(20)18(10(2)14(19)17-9)12-5-6-13-11(8-12)4-3-7-16-13/h3-10H,1-2H3,(H,17,19). The number of rotatable bonds is 1. The molecular weight excluding hydrogens is 254 g/mol. The number of fused-ring (bicyclic) bond motifs is 1. The van der Waals surface area contributed by atoms with E-state index in [1.165, 1.54) is 0 Å². The predicted octanol–water partition coefficient (Wildman–Crippen LogP) is 1.47. The maximum atomic E-state index is 12.3. The van der Waals surface area contributed by atoms with Gasteiger partial charge in [-0.1, -0.05) is 6.07 Å². The number of nitrogens with one attached hydrogen (secondary N) is 1. The molecular formula is C15H15N3O2. The van der Waals surface area contributed by atoms with Gasteiger partial charge in [-0.05, 0) is 38.1 Å². The molecule has 1 aliphatic heterocycles. The fraction of sp³-hybridized carbons (Fsp3) is 0.267. The Labute approximate surface area is 116 Å². The summed E-state index contributed by atoms with van der Waals surface area (Å²) in [5, 5.41) is 3.62. The average molecular weight is 269 g/mol. The molecule has 5 nitrogen and oxygen atoms in total. The van der Waals surface area contributed by atoms with Crippen LogP contribution in [0.15, 0.2) is 36.5 Å². The Morgan fingerprint density at radius 1 is 1.20 bits per heavy atom. The highest BCUT2D eigenvalue weighted by molar-refractivity contribution is 6.08. The number of anilines is 1. The van der Waals surface area contributed by atoms with Gasteiger partial charge in [-0.3, -0.25) is 19.5 Å². The highest BCUT2D eigenvalue weighted by Gasteiger charge is 2.36. The summed E-state index contributed by atoms with van der Waals surface area (Å²) in [6, 6.07) is 8.37. The van der Waals surface area contributed by atoms with E-state index in [0.29, 0.717) is 0 Å². The Kier molecular flexibility index (Phi) is 2.89. The molecule has 2 aromatic rings. The number of hydrogen-bond donors (Lipinski definition) is 1. The Morgan fingerprint density at radius 2 is 2.00 bits per heavy atom. The van der Waals surface area contributed by atoms with E-state index >= 15 is 0 Å². The van der Waals surface area contributed by atoms with E-state index < -0.39 is 12.1 Å². The van der Waals surface area contributed by atoms with Crippen molar-refractivity contribution in [2.45, 2.75) is 25.9 Å². The molecule has 1 aromatic heterocycles. The first kappa shape index (κ1) is 12.6. The first-order valence-corrected chi connectivity index (χ1v) is 6.56. The number of hydrogen-bond acceptors (Lipinski definition) is 3. The molecule has 0 spiro atoms. The summed E-state index contributed by atoms with van der Waals surface area (Å²) in [7, 11) is 0. The minimum atomic E-state index is -0.507. The normalized spacial score (nSPS) is 23.0. The van der Waals surface area contributed by atoms with Gasteiger partial charge in [0.15, 0.2) is 0 Å². The van der Waals surface area contributed by atoms with Gasteiger partial charge in [0, 0.05) is 17.3 Å². The molecule has 3 rings (SSSR count). The SMILES string of the molecule is CC1NC(=O)C(C)N(c2ccc3ncccc3c2)C1=O. The van der Waals surface area contributed by atoms with Crippen LogP contribution in [0.3, 0.4) is 0 Å². The average Bonchev–Trinajstić information content (AvgIpc) is 2.45. The number of benzene rings is 1. The first-order valence-electron chi connectivity index (χ1n) is 6.56. The molecule has 1 aromatic carbocycles. The minimum Gasteiger partial charge on any atom is -0.343 e. The Morgan fingerprint density at radius 3 is 2.80 bits per heavy atom. The zero-order valence-electron chi connectivity index (χ0n) is 11.3. The molecule has 0 radical (unpaired) electrons. The van der Waals surface area contributed by atoms with Crippen LogP contribution in [0.2, 0.25) is 0 Å². The minimum absolute atomic E-state index is 0.0969. The summed E-state index contributed by atoms with van der Waals surface area (Å²) in [5.41, 5.74) is 1.59. The lowest BCUT2D eigenvalue weighted by atomic mass is 10.1. The van der Waals surface area contributed by atoms with E-state index in [1.54, 1.807) is 24.9 Å². The zero-order valence-corrected chi connectivity index (χ0v) is 11.3. The summed E-state index contributed by atoms with van der Waals surface area (Å²) in [6.45, 7) is 3.42. The second kappa shape index (κ2) is 4.59. The van der Waals surface area contributed by atoms with Gasteiger partial charge in [-0.15, -0.1) is 0 Å². The van der Waals surface area contributed by atoms with Crippen LogP contribution >= 0.6 is 0 Å². The van der Waals surface area contributed by atoms with Crippen molar-refractivity contribution < 1.29 is 9.59 Å². The number of amides is 2. The molecule has 1 fully saturated rings. The van der Waals surface area contributed by atoms with Gasteiger partial charge in [0.2, 0.25) is 11.8 Å². The van der Waals surface area contributed by atoms with Gasteiger partial charge in [0.05, 0.1) is 5.52 Å². The smallest absolute Gasteiger partial charge is 0.250 e. The van der Waals surface area contributed by atoms with Crippen molar-refractivity contribution in [3.05, 3.63) is 36.5 Å². The predicted molar refractivity (Wildman–Crippen MR) is 76.3 cm³/mol. The fourth-order valence-corrected chi connectivity index (χ4v) is 2.48. The van der Waals surface area contributed by atoms with E-state index in [0.717, 1.165) is 16.6 Å². The third-order valence-corrected chi connectivity index (χ3v) is 3.60. The Hall–Kier alpha value is -2.43. The van der Waals surface area contributed by atoms with Gasteiger partial charge >= 0.3 is 0 Å². The van der Waals surface area contributed by atoms with E-state index in [9.17, 15) is 9.59 Å². The van der Waals surface area contributed by atoms with Gasteiger partial charge < -0.3 is 5.32 Å². The van der Waals surface area contributed by atoms with E-state index in [-0.39, 0.29) is 11.8 Å². The van der Waals surface area contributed by atoms with Crippen molar-refractivity contribution in [2.75, 3.05) is 4.90 Å². The molecule has 1 saturated heterocycles. The van der Waals surface area contributed by atoms with Crippen LogP contribution in [-0.2, 0) is 9.59 Å². The van der Waals surface area contributed by atoms with Crippen LogP contribution in [-0.4, -0.2) is 28.9 Å². The number of carbonyl (C=O) groups excluding carboxylic acids is 2. The van der Waals surface area contributed by atoms with Crippen LogP contribution < -0.4 is 10.2 Å². The van der Waals surface area contributed by atoms with Crippen molar-refractivity contribution in [1.82, 2.24) is 10.3 Å². The number of nitrogens with zero attached hydrogens (tertiary/aromatic N) is 2. The molecule has 1 N–H and O–H groups in total. The van der Waals surface area contributed by atoms with E-state index in [1.807, 2.05) is 30.3 Å². The van der Waals surface area contributed by atoms with E-state index in [4.69, 9.17) is 0 Å². The third-order valence-electron chi connectivity index (χ3n) is 3.60. The topological polar surface area (TPSA) is 62.3 Å². The van der Waals surface area contributed by atoms with E-state index in [2.05, 4.69) is 10.3 Å². The van der Waals surface area contributed by atoms with Crippen molar-refractivity contribution in [3.8, 4) is 0 Å². The fourth-order valence-electron chi connectivity index (χ4n) is 2.48. The zero-order chi connectivity index (χ0) is 14.3. The lowest BCUT2D eigenvalue weighted by Crippen LogP contribution is -2.61. The van der Waals surface area contributed by atoms with Crippen LogP contribution in [0.1, 0.15) is 13.8 Å². The van der Waals surface area contributed by atoms with Gasteiger partial charge in [-0.2, -0.15) is 0 Å². The molecule has 20 heavy (non-hydrogen) atoms. The third kappa shape index (κ3) is 1.91. The highest BCUT2D eigenvalue weighted by Crippen LogP contribution is 2.25. The molecule has 2 unspecified atom stereocenters. The number of piperazine rings is 1. The molecule has 0 aliphatic carbocycles. The summed E-state index contributed by atoms with van der Waals surface area (Å²) in [4.78, 5) is 30.0. The molecule has 0 bridgehead atoms. The van der Waals surface area contributed by atoms with Crippen molar-refractivity contribution in [2.24, 2.45) is 0 Å². The largest absolute Gasteiger partial charge is 0.343 e. The second-order valence-corrected chi connectivity index (χ2v) is 4.99. The Bertz CT molecular complexity index is 698. The molecule has 102 valence electrons. The Balaban J connectivity index is 2.08. The van der Waals surface area contributed by atoms with Crippen molar-refractivity contribution >= 4 is 28.4 Å². The van der Waals surface area contributed by atoms with Crippen LogP contribution in [0, 0.1) is 0 Å². The quantitative estimate of drug-likeness (QED) is 0.853. The molecule has 2 heterocycles. The molecule has 1 aliphatic rings. The number of aromatic nitrogens is 1. The maximum Gasteiger partial charge on any atom is 0.250 e. The number of pyridine rings is 1. The lowest BCUT2D eigenvalue weighted by Gasteiger charge is -2.36. The van der Waals surface area contributed by atoms with Crippen LogP contribution in [0.4, 0.5) is 5.69 Å². The summed E-state index contributed by atoms with van der Waals surface area (Å²) >= 11 is 0. The van der Waals surface area contributed by atoms with Gasteiger partial charge in [0.25, 0.3) is 0 Å². The number of carbonyl (C=O) groups is 2. The molecule has 0 saturated carbocycles.